The van der Waals surface area contributed by atoms with Crippen LogP contribution in [0.3, 0.4) is 0 Å². The molecule has 98 valence electrons. The Hall–Kier alpha value is -1.35. The Balaban J connectivity index is 2.24. The zero-order valence-corrected chi connectivity index (χ0v) is 14.5. The summed E-state index contributed by atoms with van der Waals surface area (Å²) >= 11 is 1.84. The van der Waals surface area contributed by atoms with E-state index in [4.69, 9.17) is 0 Å². The third-order valence-electron chi connectivity index (χ3n) is 3.49. The van der Waals surface area contributed by atoms with Gasteiger partial charge in [-0.2, -0.15) is 0 Å². The molecule has 3 rings (SSSR count). The average molecular weight is 339 g/mol. The first kappa shape index (κ1) is 13.6. The first-order valence-electron chi connectivity index (χ1n) is 6.66. The van der Waals surface area contributed by atoms with Crippen molar-refractivity contribution in [1.29, 1.82) is 0 Å². The van der Waals surface area contributed by atoms with E-state index in [1.807, 2.05) is 16.4 Å². The summed E-state index contributed by atoms with van der Waals surface area (Å²) in [6, 6.07) is 32.8. The fourth-order valence-corrected chi connectivity index (χ4v) is 8.51. The van der Waals surface area contributed by atoms with E-state index in [9.17, 15) is 0 Å². The molecule has 20 heavy (non-hydrogen) atoms. The molecule has 0 heterocycles. The van der Waals surface area contributed by atoms with Gasteiger partial charge < -0.3 is 0 Å². The Kier molecular flexibility index (Phi) is 4.06. The molecule has 0 aromatic heterocycles. The summed E-state index contributed by atoms with van der Waals surface area (Å²) < 4.78 is 0. The van der Waals surface area contributed by atoms with Crippen LogP contribution in [0.2, 0.25) is 0 Å². The summed E-state index contributed by atoms with van der Waals surface area (Å²) in [5.41, 5.74) is 0. The van der Waals surface area contributed by atoms with Crippen LogP contribution < -0.4 is 15.9 Å². The van der Waals surface area contributed by atoms with E-state index < -0.39 is 5.82 Å². The maximum atomic E-state index is 2.27. The fraction of sp³-hybridized carbons (Fsp3) is 0. The van der Waals surface area contributed by atoms with E-state index in [1.54, 1.807) is 0 Å². The van der Waals surface area contributed by atoms with Crippen LogP contribution in [-0.4, -0.2) is 16.4 Å². The van der Waals surface area contributed by atoms with Crippen LogP contribution in [0.25, 0.3) is 0 Å². The molecule has 0 N–H and O–H groups in total. The van der Waals surface area contributed by atoms with Crippen LogP contribution in [0.5, 0.6) is 0 Å². The molecule has 0 aliphatic rings. The normalized spacial score (nSPS) is 11.2. The number of benzene rings is 3. The van der Waals surface area contributed by atoms with Crippen molar-refractivity contribution in [2.24, 2.45) is 0 Å². The summed E-state index contributed by atoms with van der Waals surface area (Å²) in [4.78, 5) is 0. The number of hydrogen-bond acceptors (Lipinski definition) is 0. The minimum atomic E-state index is -1.46. The average Bonchev–Trinajstić information content (AvgIpc) is 2.56. The molecule has 0 nitrogen and oxygen atoms in total. The van der Waals surface area contributed by atoms with Crippen LogP contribution in [0, 0.1) is 0 Å². The summed E-state index contributed by atoms with van der Waals surface area (Å²) in [7, 11) is 0. The maximum absolute atomic E-state index is 2.27. The van der Waals surface area contributed by atoms with Gasteiger partial charge in [-0.1, -0.05) is 0 Å². The summed E-state index contributed by atoms with van der Waals surface area (Å²) in [5, 5.41) is 4.37. The third-order valence-corrected chi connectivity index (χ3v) is 12.5. The molecular formula is C18H17AsP+. The van der Waals surface area contributed by atoms with Crippen molar-refractivity contribution >= 4 is 38.1 Å². The fourth-order valence-electron chi connectivity index (χ4n) is 2.44. The van der Waals surface area contributed by atoms with E-state index in [0.717, 1.165) is 0 Å². The minimum absolute atomic E-state index is 1.46. The molecule has 0 aliphatic carbocycles. The van der Waals surface area contributed by atoms with E-state index >= 15 is 0 Å². The molecule has 0 saturated heterocycles. The third kappa shape index (κ3) is 2.47. The van der Waals surface area contributed by atoms with Crippen molar-refractivity contribution in [3.8, 4) is 0 Å². The van der Waals surface area contributed by atoms with Gasteiger partial charge in [0.15, 0.2) is 0 Å². The van der Waals surface area contributed by atoms with E-state index in [-0.39, 0.29) is 0 Å². The second-order valence-corrected chi connectivity index (χ2v) is 12.6. The monoisotopic (exact) mass is 339 g/mol. The van der Waals surface area contributed by atoms with Crippen molar-refractivity contribution in [1.82, 2.24) is 0 Å². The van der Waals surface area contributed by atoms with Crippen molar-refractivity contribution in [3.05, 3.63) is 91.0 Å². The predicted octanol–water partition coefficient (Wildman–Crippen LogP) is 2.53. The molecule has 0 fully saturated rings. The van der Waals surface area contributed by atoms with Gasteiger partial charge in [-0.15, -0.1) is 0 Å². The summed E-state index contributed by atoms with van der Waals surface area (Å²) in [6.07, 6.45) is 0. The zero-order chi connectivity index (χ0) is 13.8. The Morgan fingerprint density at radius 1 is 0.450 bits per heavy atom. The van der Waals surface area contributed by atoms with Gasteiger partial charge in [0.25, 0.3) is 0 Å². The molecule has 0 aliphatic heterocycles. The van der Waals surface area contributed by atoms with Crippen molar-refractivity contribution in [2.45, 2.75) is 0 Å². The van der Waals surface area contributed by atoms with Gasteiger partial charge in [0.2, 0.25) is 0 Å². The Morgan fingerprint density at radius 3 is 0.950 bits per heavy atom. The van der Waals surface area contributed by atoms with E-state index in [0.29, 0.717) is 0 Å². The van der Waals surface area contributed by atoms with Gasteiger partial charge in [-0.25, -0.2) is 0 Å². The van der Waals surface area contributed by atoms with Crippen molar-refractivity contribution in [3.63, 3.8) is 0 Å². The molecule has 1 atom stereocenters. The first-order chi connectivity index (χ1) is 9.82. The number of hydrogen-bond donors (Lipinski definition) is 0. The molecule has 2 heteroatoms. The molecule has 1 unspecified atom stereocenters. The Morgan fingerprint density at radius 2 is 0.700 bits per heavy atom. The van der Waals surface area contributed by atoms with Gasteiger partial charge >= 0.3 is 129 Å². The molecular weight excluding hydrogens is 322 g/mol. The van der Waals surface area contributed by atoms with Gasteiger partial charge in [0.05, 0.1) is 0 Å². The van der Waals surface area contributed by atoms with E-state index in [2.05, 4.69) is 91.0 Å². The molecule has 3 aromatic rings. The zero-order valence-electron chi connectivity index (χ0n) is 11.2. The van der Waals surface area contributed by atoms with Crippen LogP contribution in [-0.2, 0) is 0 Å². The summed E-state index contributed by atoms with van der Waals surface area (Å²) in [5.74, 6) is -1.46. The first-order valence-corrected chi connectivity index (χ1v) is 11.8. The molecule has 0 spiro atoms. The second kappa shape index (κ2) is 5.96. The molecule has 0 bridgehead atoms. The van der Waals surface area contributed by atoms with Gasteiger partial charge in [-0.3, -0.25) is 0 Å². The number of rotatable bonds is 3. The predicted molar refractivity (Wildman–Crippen MR) is 93.7 cm³/mol. The van der Waals surface area contributed by atoms with E-state index in [1.165, 1.54) is 15.9 Å². The van der Waals surface area contributed by atoms with Crippen LogP contribution in [0.1, 0.15) is 0 Å². The summed E-state index contributed by atoms with van der Waals surface area (Å²) in [6.45, 7) is 0. The second-order valence-electron chi connectivity index (χ2n) is 4.73. The Bertz CT molecular complexity index is 569. The standard InChI is InChI=1S/C18H17AsP/c19-20(16-10-4-1-5-11-16,17-12-6-2-7-13-17)18-14-8-3-9-15-18/h1-15H,19H2/q+1. The van der Waals surface area contributed by atoms with Crippen LogP contribution in [0.4, 0.5) is 0 Å². The Labute approximate surface area is 129 Å². The molecule has 0 amide bonds. The van der Waals surface area contributed by atoms with Gasteiger partial charge in [-0.05, 0) is 0 Å². The SMILES string of the molecule is [AsH2][P+](c1ccccc1)(c1ccccc1)c1ccccc1. The molecule has 0 radical (unpaired) electrons. The van der Waals surface area contributed by atoms with Crippen LogP contribution >= 0.6 is 5.82 Å². The molecule has 0 saturated carbocycles. The van der Waals surface area contributed by atoms with Crippen molar-refractivity contribution < 1.29 is 0 Å². The van der Waals surface area contributed by atoms with Crippen molar-refractivity contribution in [2.75, 3.05) is 0 Å². The van der Waals surface area contributed by atoms with Crippen LogP contribution in [0.15, 0.2) is 91.0 Å². The van der Waals surface area contributed by atoms with Gasteiger partial charge in [0.1, 0.15) is 0 Å². The van der Waals surface area contributed by atoms with Gasteiger partial charge in [0, 0.05) is 0 Å². The topological polar surface area (TPSA) is 0 Å². The quantitative estimate of drug-likeness (QED) is 0.508. The molecule has 3 aromatic carbocycles.